The van der Waals surface area contributed by atoms with Gasteiger partial charge in [0, 0.05) is 44.4 Å². The van der Waals surface area contributed by atoms with E-state index in [0.717, 1.165) is 30.9 Å². The standard InChI is InChI=1S/C18H26N6O2/c1-13(2)17-19-6-10-24(17)12-14-11-15(22-21-14)18(26)20-7-9-23-8-4-3-5-16(23)25/h6,10-11,13H,3-5,7-9,12H2,1-2H3,(H,20,26)(H,21,22). The first-order chi connectivity index (χ1) is 12.5. The largest absolute Gasteiger partial charge is 0.349 e. The molecule has 8 nitrogen and oxygen atoms in total. The number of hydrogen-bond donors (Lipinski definition) is 2. The minimum atomic E-state index is -0.230. The van der Waals surface area contributed by atoms with E-state index in [1.54, 1.807) is 12.3 Å². The zero-order chi connectivity index (χ0) is 18.5. The van der Waals surface area contributed by atoms with Crippen molar-refractivity contribution in [3.05, 3.63) is 35.7 Å². The third-order valence-electron chi connectivity index (χ3n) is 4.56. The van der Waals surface area contributed by atoms with Crippen molar-refractivity contribution in [2.45, 2.75) is 45.6 Å². The van der Waals surface area contributed by atoms with Crippen LogP contribution in [0.5, 0.6) is 0 Å². The first-order valence-electron chi connectivity index (χ1n) is 9.16. The van der Waals surface area contributed by atoms with E-state index in [9.17, 15) is 9.59 Å². The van der Waals surface area contributed by atoms with E-state index in [-0.39, 0.29) is 11.8 Å². The van der Waals surface area contributed by atoms with Crippen LogP contribution < -0.4 is 5.32 Å². The molecule has 140 valence electrons. The van der Waals surface area contributed by atoms with Crippen molar-refractivity contribution >= 4 is 11.8 Å². The predicted octanol–water partition coefficient (Wildman–Crippen LogP) is 1.52. The summed E-state index contributed by atoms with van der Waals surface area (Å²) in [6.07, 6.45) is 6.32. The summed E-state index contributed by atoms with van der Waals surface area (Å²) >= 11 is 0. The molecule has 8 heteroatoms. The second-order valence-electron chi connectivity index (χ2n) is 6.94. The molecule has 1 aliphatic rings. The van der Waals surface area contributed by atoms with E-state index < -0.39 is 0 Å². The molecule has 0 saturated carbocycles. The van der Waals surface area contributed by atoms with Gasteiger partial charge in [0.25, 0.3) is 5.91 Å². The lowest BCUT2D eigenvalue weighted by molar-refractivity contribution is -0.133. The minimum Gasteiger partial charge on any atom is -0.349 e. The third kappa shape index (κ3) is 4.30. The SMILES string of the molecule is CC(C)c1nccn1Cc1cc(C(=O)NCCN2CCCCC2=O)n[nH]1. The number of amides is 2. The van der Waals surface area contributed by atoms with Crippen LogP contribution in [0, 0.1) is 0 Å². The molecule has 0 atom stereocenters. The number of likely N-dealkylation sites (tertiary alicyclic amines) is 1. The van der Waals surface area contributed by atoms with Crippen LogP contribution in [-0.2, 0) is 11.3 Å². The van der Waals surface area contributed by atoms with Crippen LogP contribution in [0.1, 0.15) is 61.0 Å². The first-order valence-corrected chi connectivity index (χ1v) is 9.16. The molecular weight excluding hydrogens is 332 g/mol. The fourth-order valence-corrected chi connectivity index (χ4v) is 3.19. The monoisotopic (exact) mass is 358 g/mol. The van der Waals surface area contributed by atoms with Gasteiger partial charge in [0.1, 0.15) is 11.5 Å². The number of hydrogen-bond acceptors (Lipinski definition) is 4. The van der Waals surface area contributed by atoms with Crippen molar-refractivity contribution in [1.29, 1.82) is 0 Å². The molecule has 0 unspecified atom stereocenters. The molecule has 0 spiro atoms. The smallest absolute Gasteiger partial charge is 0.271 e. The lowest BCUT2D eigenvalue weighted by Crippen LogP contribution is -2.41. The molecule has 2 aromatic heterocycles. The molecule has 1 aliphatic heterocycles. The molecule has 2 aromatic rings. The van der Waals surface area contributed by atoms with E-state index in [1.165, 1.54) is 0 Å². The van der Waals surface area contributed by atoms with Gasteiger partial charge in [0.15, 0.2) is 0 Å². The van der Waals surface area contributed by atoms with E-state index in [2.05, 4.69) is 34.3 Å². The van der Waals surface area contributed by atoms with Crippen LogP contribution in [0.2, 0.25) is 0 Å². The summed E-state index contributed by atoms with van der Waals surface area (Å²) in [5, 5.41) is 9.85. The van der Waals surface area contributed by atoms with Gasteiger partial charge in [-0.3, -0.25) is 14.7 Å². The molecule has 1 fully saturated rings. The van der Waals surface area contributed by atoms with Crippen LogP contribution in [0.25, 0.3) is 0 Å². The Labute approximate surface area is 153 Å². The Morgan fingerprint density at radius 1 is 1.38 bits per heavy atom. The number of carbonyl (C=O) groups excluding carboxylic acids is 2. The maximum absolute atomic E-state index is 12.2. The highest BCUT2D eigenvalue weighted by molar-refractivity contribution is 5.92. The number of carbonyl (C=O) groups is 2. The second-order valence-corrected chi connectivity index (χ2v) is 6.94. The van der Waals surface area contributed by atoms with E-state index in [0.29, 0.717) is 37.7 Å². The van der Waals surface area contributed by atoms with Crippen LogP contribution in [0.15, 0.2) is 18.5 Å². The predicted molar refractivity (Wildman–Crippen MR) is 96.8 cm³/mol. The molecule has 2 N–H and O–H groups in total. The Morgan fingerprint density at radius 2 is 2.23 bits per heavy atom. The Hall–Kier alpha value is -2.64. The van der Waals surface area contributed by atoms with Crippen molar-refractivity contribution in [2.24, 2.45) is 0 Å². The molecule has 3 rings (SSSR count). The van der Waals surface area contributed by atoms with Crippen molar-refractivity contribution in [3.8, 4) is 0 Å². The second kappa shape index (κ2) is 8.16. The lowest BCUT2D eigenvalue weighted by Gasteiger charge is -2.26. The van der Waals surface area contributed by atoms with Crippen LogP contribution in [-0.4, -0.2) is 56.1 Å². The molecule has 2 amide bonds. The Morgan fingerprint density at radius 3 is 3.00 bits per heavy atom. The summed E-state index contributed by atoms with van der Waals surface area (Å²) < 4.78 is 2.04. The summed E-state index contributed by atoms with van der Waals surface area (Å²) in [5.41, 5.74) is 1.21. The first kappa shape index (κ1) is 18.2. The Balaban J connectivity index is 1.51. The molecular formula is C18H26N6O2. The summed E-state index contributed by atoms with van der Waals surface area (Å²) in [7, 11) is 0. The number of rotatable bonds is 7. The Bertz CT molecular complexity index is 763. The lowest BCUT2D eigenvalue weighted by atomic mass is 10.1. The molecule has 0 aliphatic carbocycles. The number of nitrogens with one attached hydrogen (secondary N) is 2. The number of aromatic amines is 1. The molecule has 1 saturated heterocycles. The summed E-state index contributed by atoms with van der Waals surface area (Å²) in [6.45, 7) is 6.55. The van der Waals surface area contributed by atoms with Gasteiger partial charge in [0.2, 0.25) is 5.91 Å². The quantitative estimate of drug-likeness (QED) is 0.784. The van der Waals surface area contributed by atoms with Crippen LogP contribution in [0.4, 0.5) is 0 Å². The minimum absolute atomic E-state index is 0.175. The van der Waals surface area contributed by atoms with Crippen LogP contribution in [0.3, 0.4) is 0 Å². The number of piperidine rings is 1. The van der Waals surface area contributed by atoms with Gasteiger partial charge in [-0.05, 0) is 18.9 Å². The highest BCUT2D eigenvalue weighted by Crippen LogP contribution is 2.13. The highest BCUT2D eigenvalue weighted by Gasteiger charge is 2.18. The fourth-order valence-electron chi connectivity index (χ4n) is 3.19. The molecule has 0 radical (unpaired) electrons. The number of H-pyrrole nitrogens is 1. The number of nitrogens with zero attached hydrogens (tertiary/aromatic N) is 4. The van der Waals surface area contributed by atoms with Crippen molar-refractivity contribution < 1.29 is 9.59 Å². The van der Waals surface area contributed by atoms with Gasteiger partial charge in [0.05, 0.1) is 12.2 Å². The van der Waals surface area contributed by atoms with Crippen molar-refractivity contribution in [2.75, 3.05) is 19.6 Å². The van der Waals surface area contributed by atoms with Crippen molar-refractivity contribution in [3.63, 3.8) is 0 Å². The zero-order valence-corrected chi connectivity index (χ0v) is 15.4. The van der Waals surface area contributed by atoms with Crippen molar-refractivity contribution in [1.82, 2.24) is 30.0 Å². The normalized spacial score (nSPS) is 14.9. The molecule has 0 bridgehead atoms. The van der Waals surface area contributed by atoms with Gasteiger partial charge in [-0.2, -0.15) is 5.10 Å². The van der Waals surface area contributed by atoms with Gasteiger partial charge < -0.3 is 14.8 Å². The summed E-state index contributed by atoms with van der Waals surface area (Å²) in [4.78, 5) is 30.2. The Kier molecular flexibility index (Phi) is 5.70. The van der Waals surface area contributed by atoms with Gasteiger partial charge in [-0.25, -0.2) is 4.98 Å². The maximum Gasteiger partial charge on any atom is 0.271 e. The molecule has 26 heavy (non-hydrogen) atoms. The average Bonchev–Trinajstić information content (AvgIpc) is 3.26. The van der Waals surface area contributed by atoms with E-state index in [4.69, 9.17) is 0 Å². The maximum atomic E-state index is 12.2. The van der Waals surface area contributed by atoms with E-state index in [1.807, 2.05) is 15.7 Å². The topological polar surface area (TPSA) is 95.9 Å². The summed E-state index contributed by atoms with van der Waals surface area (Å²) in [6, 6.07) is 1.76. The average molecular weight is 358 g/mol. The van der Waals surface area contributed by atoms with Crippen LogP contribution >= 0.6 is 0 Å². The molecule has 0 aromatic carbocycles. The van der Waals surface area contributed by atoms with Gasteiger partial charge in [-0.1, -0.05) is 13.8 Å². The number of aromatic nitrogens is 4. The highest BCUT2D eigenvalue weighted by atomic mass is 16.2. The molecule has 3 heterocycles. The fraction of sp³-hybridized carbons (Fsp3) is 0.556. The number of imidazole rings is 1. The van der Waals surface area contributed by atoms with Gasteiger partial charge in [-0.15, -0.1) is 0 Å². The van der Waals surface area contributed by atoms with Gasteiger partial charge >= 0.3 is 0 Å². The zero-order valence-electron chi connectivity index (χ0n) is 15.4. The summed E-state index contributed by atoms with van der Waals surface area (Å²) in [5.74, 6) is 1.27. The third-order valence-corrected chi connectivity index (χ3v) is 4.56. The van der Waals surface area contributed by atoms with E-state index >= 15 is 0 Å².